The number of rotatable bonds is 6. The van der Waals surface area contributed by atoms with Crippen LogP contribution in [0.25, 0.3) is 0 Å². The minimum absolute atomic E-state index is 0.185. The lowest BCUT2D eigenvalue weighted by atomic mass is 10.2. The SMILES string of the molecule is CCOc1ccc(NC(=O)COc2ccc(C(F)(F)F)cc2)cc1. The summed E-state index contributed by atoms with van der Waals surface area (Å²) >= 11 is 0. The van der Waals surface area contributed by atoms with E-state index >= 15 is 0 Å². The number of anilines is 1. The number of hydrogen-bond donors (Lipinski definition) is 1. The van der Waals surface area contributed by atoms with Crippen LogP contribution in [0.2, 0.25) is 0 Å². The molecular formula is C17H16F3NO3. The zero-order valence-corrected chi connectivity index (χ0v) is 12.9. The van der Waals surface area contributed by atoms with Gasteiger partial charge in [0, 0.05) is 5.69 Å². The molecule has 0 saturated carbocycles. The summed E-state index contributed by atoms with van der Waals surface area (Å²) in [7, 11) is 0. The van der Waals surface area contributed by atoms with Gasteiger partial charge in [-0.15, -0.1) is 0 Å². The number of benzene rings is 2. The highest BCUT2D eigenvalue weighted by atomic mass is 19.4. The van der Waals surface area contributed by atoms with E-state index in [4.69, 9.17) is 9.47 Å². The van der Waals surface area contributed by atoms with E-state index < -0.39 is 17.6 Å². The highest BCUT2D eigenvalue weighted by Crippen LogP contribution is 2.30. The first-order valence-electron chi connectivity index (χ1n) is 7.21. The van der Waals surface area contributed by atoms with Crippen molar-refractivity contribution in [1.82, 2.24) is 0 Å². The van der Waals surface area contributed by atoms with Crippen LogP contribution in [0.4, 0.5) is 18.9 Å². The zero-order valence-electron chi connectivity index (χ0n) is 12.9. The first-order valence-corrected chi connectivity index (χ1v) is 7.21. The van der Waals surface area contributed by atoms with Crippen LogP contribution >= 0.6 is 0 Å². The molecule has 0 atom stereocenters. The molecule has 0 radical (unpaired) electrons. The van der Waals surface area contributed by atoms with Crippen LogP contribution in [0.1, 0.15) is 12.5 Å². The van der Waals surface area contributed by atoms with Crippen molar-refractivity contribution in [2.24, 2.45) is 0 Å². The summed E-state index contributed by atoms with van der Waals surface area (Å²) in [5, 5.41) is 2.62. The highest BCUT2D eigenvalue weighted by molar-refractivity contribution is 5.91. The van der Waals surface area contributed by atoms with E-state index in [1.54, 1.807) is 24.3 Å². The van der Waals surface area contributed by atoms with Gasteiger partial charge in [0.1, 0.15) is 11.5 Å². The van der Waals surface area contributed by atoms with Gasteiger partial charge in [-0.1, -0.05) is 0 Å². The number of carbonyl (C=O) groups excluding carboxylic acids is 1. The first-order chi connectivity index (χ1) is 11.4. The Morgan fingerprint density at radius 3 is 2.04 bits per heavy atom. The van der Waals surface area contributed by atoms with Gasteiger partial charge in [0.2, 0.25) is 0 Å². The number of carbonyl (C=O) groups is 1. The number of halogens is 3. The summed E-state index contributed by atoms with van der Waals surface area (Å²) in [4.78, 5) is 11.8. The van der Waals surface area contributed by atoms with Gasteiger partial charge < -0.3 is 14.8 Å². The zero-order chi connectivity index (χ0) is 17.6. The van der Waals surface area contributed by atoms with Gasteiger partial charge in [0.05, 0.1) is 12.2 Å². The Labute approximate surface area is 137 Å². The molecular weight excluding hydrogens is 323 g/mol. The minimum atomic E-state index is -4.40. The van der Waals surface area contributed by atoms with Gasteiger partial charge in [0.15, 0.2) is 6.61 Å². The standard InChI is InChI=1S/C17H16F3NO3/c1-2-23-14-9-5-13(6-10-14)21-16(22)11-24-15-7-3-12(4-8-15)17(18,19)20/h3-10H,2,11H2,1H3,(H,21,22). The minimum Gasteiger partial charge on any atom is -0.494 e. The average molecular weight is 339 g/mol. The lowest BCUT2D eigenvalue weighted by molar-refractivity contribution is -0.137. The number of nitrogens with one attached hydrogen (secondary N) is 1. The number of hydrogen-bond acceptors (Lipinski definition) is 3. The molecule has 4 nitrogen and oxygen atoms in total. The fourth-order valence-electron chi connectivity index (χ4n) is 1.89. The second-order valence-electron chi connectivity index (χ2n) is 4.82. The maximum absolute atomic E-state index is 12.4. The van der Waals surface area contributed by atoms with Gasteiger partial charge in [-0.2, -0.15) is 13.2 Å². The summed E-state index contributed by atoms with van der Waals surface area (Å²) in [6.45, 7) is 2.11. The molecule has 0 aliphatic carbocycles. The van der Waals surface area contributed by atoms with Gasteiger partial charge in [0.25, 0.3) is 5.91 Å². The molecule has 2 aromatic rings. The third kappa shape index (κ3) is 5.19. The van der Waals surface area contributed by atoms with Crippen LogP contribution < -0.4 is 14.8 Å². The fraction of sp³-hybridized carbons (Fsp3) is 0.235. The molecule has 0 aliphatic heterocycles. The molecule has 128 valence electrons. The Morgan fingerprint density at radius 1 is 0.958 bits per heavy atom. The van der Waals surface area contributed by atoms with E-state index in [1.165, 1.54) is 12.1 Å². The van der Waals surface area contributed by atoms with Crippen LogP contribution in [0.3, 0.4) is 0 Å². The van der Waals surface area contributed by atoms with Crippen LogP contribution in [0, 0.1) is 0 Å². The molecule has 24 heavy (non-hydrogen) atoms. The van der Waals surface area contributed by atoms with Crippen molar-refractivity contribution in [2.45, 2.75) is 13.1 Å². The quantitative estimate of drug-likeness (QED) is 0.861. The summed E-state index contributed by atoms with van der Waals surface area (Å²) in [5.74, 6) is 0.459. The molecule has 0 heterocycles. The van der Waals surface area contributed by atoms with Crippen LogP contribution in [0.15, 0.2) is 48.5 Å². The molecule has 0 fully saturated rings. The Bertz CT molecular complexity index is 667. The van der Waals surface area contributed by atoms with E-state index in [0.29, 0.717) is 18.0 Å². The summed E-state index contributed by atoms with van der Waals surface area (Å²) in [6, 6.07) is 11.0. The fourth-order valence-corrected chi connectivity index (χ4v) is 1.89. The van der Waals surface area contributed by atoms with Gasteiger partial charge in [-0.25, -0.2) is 0 Å². The molecule has 0 aromatic heterocycles. The lowest BCUT2D eigenvalue weighted by Gasteiger charge is -2.10. The Morgan fingerprint density at radius 2 is 1.50 bits per heavy atom. The normalized spacial score (nSPS) is 11.0. The summed E-state index contributed by atoms with van der Waals surface area (Å²) in [6.07, 6.45) is -4.40. The maximum atomic E-state index is 12.4. The lowest BCUT2D eigenvalue weighted by Crippen LogP contribution is -2.20. The van der Waals surface area contributed by atoms with Crippen molar-refractivity contribution in [1.29, 1.82) is 0 Å². The molecule has 0 aliphatic rings. The topological polar surface area (TPSA) is 47.6 Å². The van der Waals surface area contributed by atoms with E-state index in [1.807, 2.05) is 6.92 Å². The third-order valence-electron chi connectivity index (χ3n) is 3.00. The third-order valence-corrected chi connectivity index (χ3v) is 3.00. The van der Waals surface area contributed by atoms with Gasteiger partial charge in [-0.05, 0) is 55.5 Å². The van der Waals surface area contributed by atoms with E-state index in [9.17, 15) is 18.0 Å². The largest absolute Gasteiger partial charge is 0.494 e. The average Bonchev–Trinajstić information content (AvgIpc) is 2.55. The predicted molar refractivity (Wildman–Crippen MR) is 83.2 cm³/mol. The van der Waals surface area contributed by atoms with Crippen LogP contribution in [-0.4, -0.2) is 19.1 Å². The molecule has 0 bridgehead atoms. The highest BCUT2D eigenvalue weighted by Gasteiger charge is 2.30. The molecule has 0 spiro atoms. The number of amides is 1. The monoisotopic (exact) mass is 339 g/mol. The Kier molecular flexibility index (Phi) is 5.68. The van der Waals surface area contributed by atoms with E-state index in [2.05, 4.69) is 5.32 Å². The second kappa shape index (κ2) is 7.72. The molecule has 2 aromatic carbocycles. The van der Waals surface area contributed by atoms with Gasteiger partial charge >= 0.3 is 6.18 Å². The van der Waals surface area contributed by atoms with E-state index in [-0.39, 0.29) is 12.4 Å². The van der Waals surface area contributed by atoms with Gasteiger partial charge in [-0.3, -0.25) is 4.79 Å². The Balaban J connectivity index is 1.84. The molecule has 0 saturated heterocycles. The summed E-state index contributed by atoms with van der Waals surface area (Å²) in [5.41, 5.74) is -0.201. The van der Waals surface area contributed by atoms with Crippen molar-refractivity contribution in [2.75, 3.05) is 18.5 Å². The number of ether oxygens (including phenoxy) is 2. The smallest absolute Gasteiger partial charge is 0.416 e. The second-order valence-corrected chi connectivity index (χ2v) is 4.82. The summed E-state index contributed by atoms with van der Waals surface area (Å²) < 4.78 is 47.8. The van der Waals surface area contributed by atoms with Crippen molar-refractivity contribution >= 4 is 11.6 Å². The molecule has 7 heteroatoms. The Hall–Kier alpha value is -2.70. The van der Waals surface area contributed by atoms with Crippen molar-refractivity contribution in [3.63, 3.8) is 0 Å². The predicted octanol–water partition coefficient (Wildman–Crippen LogP) is 4.12. The molecule has 1 N–H and O–H groups in total. The van der Waals surface area contributed by atoms with Crippen molar-refractivity contribution in [3.05, 3.63) is 54.1 Å². The molecule has 0 unspecified atom stereocenters. The van der Waals surface area contributed by atoms with Crippen molar-refractivity contribution < 1.29 is 27.4 Å². The number of alkyl halides is 3. The van der Waals surface area contributed by atoms with Crippen LogP contribution in [0.5, 0.6) is 11.5 Å². The molecule has 2 rings (SSSR count). The maximum Gasteiger partial charge on any atom is 0.416 e. The molecule has 1 amide bonds. The van der Waals surface area contributed by atoms with E-state index in [0.717, 1.165) is 12.1 Å². The first kappa shape index (κ1) is 17.7. The van der Waals surface area contributed by atoms with Crippen molar-refractivity contribution in [3.8, 4) is 11.5 Å². The van der Waals surface area contributed by atoms with Crippen LogP contribution in [-0.2, 0) is 11.0 Å².